The summed E-state index contributed by atoms with van der Waals surface area (Å²) in [7, 11) is 2.07. The number of fused-ring (bicyclic) bond motifs is 4. The van der Waals surface area contributed by atoms with Gasteiger partial charge in [-0.05, 0) is 44.7 Å². The fourth-order valence-electron chi connectivity index (χ4n) is 6.73. The summed E-state index contributed by atoms with van der Waals surface area (Å²) in [6, 6.07) is 12.5. The zero-order valence-electron chi connectivity index (χ0n) is 23.3. The highest BCUT2D eigenvalue weighted by Gasteiger charge is 2.35. The van der Waals surface area contributed by atoms with Gasteiger partial charge in [0, 0.05) is 66.5 Å². The number of anilines is 1. The molecule has 41 heavy (non-hydrogen) atoms. The average molecular weight is 577 g/mol. The van der Waals surface area contributed by atoms with Gasteiger partial charge in [-0.1, -0.05) is 41.9 Å². The fraction of sp³-hybridized carbons (Fsp3) is 0.452. The monoisotopic (exact) mass is 576 g/mol. The number of rotatable bonds is 7. The summed E-state index contributed by atoms with van der Waals surface area (Å²) in [6.07, 6.45) is 5.00. The summed E-state index contributed by atoms with van der Waals surface area (Å²) >= 11 is 6.59. The van der Waals surface area contributed by atoms with Crippen LogP contribution >= 0.6 is 11.6 Å². The summed E-state index contributed by atoms with van der Waals surface area (Å²) in [5.74, 6) is 0.167. The van der Waals surface area contributed by atoms with Crippen LogP contribution in [-0.2, 0) is 4.74 Å². The lowest BCUT2D eigenvalue weighted by atomic mass is 10.0. The molecule has 3 aliphatic rings. The SMILES string of the molecule is CCO[C@@H]1C[C@@H](COc2nc(N3CC4CCC(C3)N4)c3cnc(-c4cccc5cccc(Cl)c45)c(F)c3n2)N(C)C1. The first-order valence-electron chi connectivity index (χ1n) is 14.5. The minimum atomic E-state index is -0.504. The molecule has 0 aliphatic carbocycles. The van der Waals surface area contributed by atoms with Gasteiger partial charge < -0.3 is 19.7 Å². The van der Waals surface area contributed by atoms with E-state index in [4.69, 9.17) is 26.1 Å². The van der Waals surface area contributed by atoms with Crippen LogP contribution in [0.3, 0.4) is 0 Å². The summed E-state index contributed by atoms with van der Waals surface area (Å²) in [6.45, 7) is 5.55. The third kappa shape index (κ3) is 4.99. The van der Waals surface area contributed by atoms with Gasteiger partial charge in [0.1, 0.15) is 23.6 Å². The molecular formula is C31H34ClFN6O2. The highest BCUT2D eigenvalue weighted by molar-refractivity contribution is 6.36. The highest BCUT2D eigenvalue weighted by atomic mass is 35.5. The molecular weight excluding hydrogens is 543 g/mol. The predicted molar refractivity (Wildman–Crippen MR) is 159 cm³/mol. The van der Waals surface area contributed by atoms with E-state index in [9.17, 15) is 0 Å². The maximum atomic E-state index is 16.5. The van der Waals surface area contributed by atoms with Crippen LogP contribution in [-0.4, -0.2) is 84.0 Å². The lowest BCUT2D eigenvalue weighted by Crippen LogP contribution is -2.51. The number of hydrogen-bond donors (Lipinski definition) is 1. The summed E-state index contributed by atoms with van der Waals surface area (Å²) < 4.78 is 28.6. The molecule has 10 heteroatoms. The van der Waals surface area contributed by atoms with Crippen molar-refractivity contribution in [2.45, 2.75) is 50.4 Å². The number of piperazine rings is 1. The van der Waals surface area contributed by atoms with Gasteiger partial charge in [0.15, 0.2) is 5.82 Å². The predicted octanol–water partition coefficient (Wildman–Crippen LogP) is 5.07. The maximum Gasteiger partial charge on any atom is 0.319 e. The number of aromatic nitrogens is 3. The van der Waals surface area contributed by atoms with Crippen molar-refractivity contribution >= 4 is 39.1 Å². The molecule has 2 aromatic carbocycles. The van der Waals surface area contributed by atoms with Gasteiger partial charge >= 0.3 is 6.01 Å². The van der Waals surface area contributed by atoms with Crippen molar-refractivity contribution in [2.24, 2.45) is 0 Å². The van der Waals surface area contributed by atoms with Crippen molar-refractivity contribution in [1.82, 2.24) is 25.2 Å². The maximum absolute atomic E-state index is 16.5. The number of hydrogen-bond acceptors (Lipinski definition) is 8. The number of nitrogens with zero attached hydrogens (tertiary/aromatic N) is 5. The van der Waals surface area contributed by atoms with Crippen molar-refractivity contribution in [1.29, 1.82) is 0 Å². The second-order valence-electron chi connectivity index (χ2n) is 11.4. The summed E-state index contributed by atoms with van der Waals surface area (Å²) in [5, 5.41) is 6.48. The molecule has 3 aliphatic heterocycles. The molecule has 5 heterocycles. The largest absolute Gasteiger partial charge is 0.462 e. The lowest BCUT2D eigenvalue weighted by Gasteiger charge is -2.34. The molecule has 3 saturated heterocycles. The van der Waals surface area contributed by atoms with Crippen molar-refractivity contribution in [3.8, 4) is 17.3 Å². The topological polar surface area (TPSA) is 75.6 Å². The Morgan fingerprint density at radius 1 is 1.07 bits per heavy atom. The Hall–Kier alpha value is -3.11. The van der Waals surface area contributed by atoms with E-state index in [-0.39, 0.29) is 29.4 Å². The van der Waals surface area contributed by atoms with Crippen LogP contribution in [0.1, 0.15) is 26.2 Å². The van der Waals surface area contributed by atoms with Gasteiger partial charge in [0.05, 0.1) is 11.5 Å². The Balaban J connectivity index is 1.30. The number of halogens is 2. The van der Waals surface area contributed by atoms with Gasteiger partial charge in [0.25, 0.3) is 0 Å². The Morgan fingerprint density at radius 3 is 2.63 bits per heavy atom. The smallest absolute Gasteiger partial charge is 0.319 e. The van der Waals surface area contributed by atoms with E-state index in [1.165, 1.54) is 0 Å². The molecule has 3 fully saturated rings. The Morgan fingerprint density at radius 2 is 1.85 bits per heavy atom. The minimum absolute atomic E-state index is 0.167. The second kappa shape index (κ2) is 10.9. The van der Waals surface area contributed by atoms with E-state index in [0.29, 0.717) is 47.1 Å². The second-order valence-corrected chi connectivity index (χ2v) is 11.8. The highest BCUT2D eigenvalue weighted by Crippen LogP contribution is 2.38. The molecule has 2 bridgehead atoms. The molecule has 1 N–H and O–H groups in total. The van der Waals surface area contributed by atoms with E-state index < -0.39 is 5.82 Å². The average Bonchev–Trinajstić information content (AvgIpc) is 3.51. The number of pyridine rings is 1. The van der Waals surface area contributed by atoms with E-state index in [1.807, 2.05) is 43.3 Å². The molecule has 4 aromatic rings. The summed E-state index contributed by atoms with van der Waals surface area (Å²) in [4.78, 5) is 18.6. The van der Waals surface area contributed by atoms with Crippen molar-refractivity contribution in [3.63, 3.8) is 0 Å². The van der Waals surface area contributed by atoms with E-state index in [1.54, 1.807) is 6.20 Å². The molecule has 0 spiro atoms. The zero-order valence-corrected chi connectivity index (χ0v) is 24.1. The molecule has 7 rings (SSSR count). The van der Waals surface area contributed by atoms with Crippen LogP contribution in [0.15, 0.2) is 42.6 Å². The van der Waals surface area contributed by atoms with Gasteiger partial charge in [0.2, 0.25) is 0 Å². The van der Waals surface area contributed by atoms with Crippen LogP contribution in [0.5, 0.6) is 6.01 Å². The van der Waals surface area contributed by atoms with Crippen molar-refractivity contribution in [2.75, 3.05) is 44.8 Å². The zero-order chi connectivity index (χ0) is 28.1. The Bertz CT molecular complexity index is 1590. The van der Waals surface area contributed by atoms with Gasteiger partial charge in [-0.25, -0.2) is 4.39 Å². The number of likely N-dealkylation sites (tertiary alicyclic amines) is 1. The van der Waals surface area contributed by atoms with E-state index in [2.05, 4.69) is 32.1 Å². The van der Waals surface area contributed by atoms with Gasteiger partial charge in [-0.15, -0.1) is 0 Å². The summed E-state index contributed by atoms with van der Waals surface area (Å²) in [5.41, 5.74) is 1.05. The Labute approximate surface area is 243 Å². The number of ether oxygens (including phenoxy) is 2. The van der Waals surface area contributed by atoms with E-state index >= 15 is 4.39 Å². The van der Waals surface area contributed by atoms with Crippen LogP contribution in [0.2, 0.25) is 5.02 Å². The molecule has 2 aromatic heterocycles. The number of nitrogens with one attached hydrogen (secondary N) is 1. The first kappa shape index (κ1) is 26.8. The van der Waals surface area contributed by atoms with Crippen molar-refractivity contribution in [3.05, 3.63) is 53.4 Å². The first-order valence-corrected chi connectivity index (χ1v) is 14.9. The molecule has 4 atom stereocenters. The lowest BCUT2D eigenvalue weighted by molar-refractivity contribution is 0.0705. The standard InChI is InChI=1S/C31H34ClFN6O2/c1-3-40-22-12-21(38(2)16-22)17-41-31-36-29-24(30(37-31)39-14-19-10-11-20(15-39)35-19)13-34-28(27(29)33)23-8-4-6-18-7-5-9-25(32)26(18)23/h4-9,13,19-22,35H,3,10-12,14-17H2,1-2H3/t19?,20?,21-,22+/m0/s1. The van der Waals surface area contributed by atoms with Crippen LogP contribution in [0.4, 0.5) is 10.2 Å². The minimum Gasteiger partial charge on any atom is -0.462 e. The molecule has 2 unspecified atom stereocenters. The third-order valence-electron chi connectivity index (χ3n) is 8.73. The van der Waals surface area contributed by atoms with Gasteiger partial charge in [-0.2, -0.15) is 9.97 Å². The Kier molecular flexibility index (Phi) is 7.15. The van der Waals surface area contributed by atoms with Crippen LogP contribution < -0.4 is 15.0 Å². The van der Waals surface area contributed by atoms with Gasteiger partial charge in [-0.3, -0.25) is 9.88 Å². The molecule has 0 amide bonds. The normalized spacial score (nSPS) is 24.5. The van der Waals surface area contributed by atoms with E-state index in [0.717, 1.165) is 49.7 Å². The third-order valence-corrected chi connectivity index (χ3v) is 9.04. The fourth-order valence-corrected chi connectivity index (χ4v) is 7.01. The number of likely N-dealkylation sites (N-methyl/N-ethyl adjacent to an activating group) is 1. The molecule has 8 nitrogen and oxygen atoms in total. The van der Waals surface area contributed by atoms with Crippen LogP contribution in [0.25, 0.3) is 32.9 Å². The van der Waals surface area contributed by atoms with Crippen molar-refractivity contribution < 1.29 is 13.9 Å². The number of benzene rings is 2. The molecule has 214 valence electrons. The van der Waals surface area contributed by atoms with Crippen LogP contribution in [0, 0.1) is 5.82 Å². The molecule has 0 saturated carbocycles. The molecule has 0 radical (unpaired) electrons. The quantitative estimate of drug-likeness (QED) is 0.327. The first-order chi connectivity index (χ1) is 20.0.